The van der Waals surface area contributed by atoms with E-state index in [-0.39, 0.29) is 11.4 Å². The van der Waals surface area contributed by atoms with E-state index in [2.05, 4.69) is 77.2 Å². The zero-order valence-electron chi connectivity index (χ0n) is 21.4. The molecule has 2 aromatic heterocycles. The quantitative estimate of drug-likeness (QED) is 0.414. The van der Waals surface area contributed by atoms with Crippen molar-refractivity contribution in [3.63, 3.8) is 0 Å². The van der Waals surface area contributed by atoms with Gasteiger partial charge in [-0.25, -0.2) is 4.98 Å². The van der Waals surface area contributed by atoms with Gasteiger partial charge in [0.2, 0.25) is 0 Å². The first-order valence-electron chi connectivity index (χ1n) is 12.4. The predicted molar refractivity (Wildman–Crippen MR) is 143 cm³/mol. The Labute approximate surface area is 207 Å². The van der Waals surface area contributed by atoms with Gasteiger partial charge in [0.05, 0.1) is 5.52 Å². The Morgan fingerprint density at radius 2 is 1.69 bits per heavy atom. The van der Waals surface area contributed by atoms with Crippen molar-refractivity contribution in [3.05, 3.63) is 94.3 Å². The number of hydrogen-bond donors (Lipinski definition) is 1. The molecule has 0 spiro atoms. The highest BCUT2D eigenvalue weighted by molar-refractivity contribution is 6.01. The Morgan fingerprint density at radius 1 is 1.00 bits per heavy atom. The van der Waals surface area contributed by atoms with Gasteiger partial charge in [-0.05, 0) is 69.4 Å². The first-order chi connectivity index (χ1) is 16.7. The smallest absolute Gasteiger partial charge is 0.270 e. The third-order valence-corrected chi connectivity index (χ3v) is 6.93. The molecule has 0 radical (unpaired) electrons. The number of fused-ring (bicyclic) bond motifs is 2. The summed E-state index contributed by atoms with van der Waals surface area (Å²) in [5, 5.41) is 4.20. The van der Waals surface area contributed by atoms with E-state index in [4.69, 9.17) is 4.98 Å². The lowest BCUT2D eigenvalue weighted by molar-refractivity contribution is 0.0914. The topological polar surface area (TPSA) is 50.2 Å². The molecule has 180 valence electrons. The summed E-state index contributed by atoms with van der Waals surface area (Å²) in [6.07, 6.45) is 0.967. The predicted octanol–water partition coefficient (Wildman–Crippen LogP) is 5.79. The number of hydrogen-bond acceptors (Lipinski definition) is 3. The van der Waals surface area contributed by atoms with Crippen molar-refractivity contribution >= 4 is 22.6 Å². The van der Waals surface area contributed by atoms with E-state index in [0.717, 1.165) is 42.8 Å². The molecule has 0 fully saturated rings. The molecule has 0 saturated heterocycles. The Bertz CT molecular complexity index is 1400. The molecule has 5 nitrogen and oxygen atoms in total. The van der Waals surface area contributed by atoms with Crippen LogP contribution in [0.4, 0.5) is 5.82 Å². The maximum atomic E-state index is 13.2. The van der Waals surface area contributed by atoms with Crippen LogP contribution in [0.2, 0.25) is 0 Å². The Balaban J connectivity index is 1.68. The third kappa shape index (κ3) is 4.55. The van der Waals surface area contributed by atoms with Gasteiger partial charge in [0, 0.05) is 36.3 Å². The van der Waals surface area contributed by atoms with Crippen molar-refractivity contribution in [1.82, 2.24) is 14.9 Å². The molecule has 0 bridgehead atoms. The molecule has 1 N–H and O–H groups in total. The number of aromatic nitrogens is 2. The zero-order valence-corrected chi connectivity index (χ0v) is 21.4. The van der Waals surface area contributed by atoms with E-state index in [1.807, 2.05) is 32.9 Å². The summed E-state index contributed by atoms with van der Waals surface area (Å²) in [4.78, 5) is 20.6. The van der Waals surface area contributed by atoms with Crippen molar-refractivity contribution in [2.24, 2.45) is 0 Å². The number of nitrogens with one attached hydrogen (secondary N) is 1. The Hall–Kier alpha value is -3.60. The standard InChI is InChI=1S/C30H34N4O/c1-20-21(2)34(18-22-11-7-6-8-12-22)27-25(20)17-26(29(35)32-30(3,4)5)31-28(27)33-16-15-23-13-9-10-14-24(23)19-33/h6-14,17H,15-16,18-19H2,1-5H3,(H,32,35). The van der Waals surface area contributed by atoms with E-state index < -0.39 is 0 Å². The molecular formula is C30H34N4O. The molecule has 3 heterocycles. The fraction of sp³-hybridized carbons (Fsp3) is 0.333. The Kier molecular flexibility index (Phi) is 5.87. The molecule has 0 atom stereocenters. The maximum absolute atomic E-state index is 13.2. The van der Waals surface area contributed by atoms with Crippen LogP contribution in [0.5, 0.6) is 0 Å². The van der Waals surface area contributed by atoms with Gasteiger partial charge in [0.1, 0.15) is 5.69 Å². The average molecular weight is 467 g/mol. The van der Waals surface area contributed by atoms with Crippen LogP contribution in [-0.4, -0.2) is 27.5 Å². The monoisotopic (exact) mass is 466 g/mol. The van der Waals surface area contributed by atoms with E-state index in [1.54, 1.807) is 0 Å². The molecule has 1 aliphatic heterocycles. The molecule has 0 unspecified atom stereocenters. The first kappa shape index (κ1) is 23.2. The van der Waals surface area contributed by atoms with Crippen LogP contribution in [0.3, 0.4) is 0 Å². The maximum Gasteiger partial charge on any atom is 0.270 e. The van der Waals surface area contributed by atoms with Crippen LogP contribution in [0.15, 0.2) is 60.7 Å². The molecule has 5 rings (SSSR count). The number of amides is 1. The van der Waals surface area contributed by atoms with Crippen molar-refractivity contribution in [3.8, 4) is 0 Å². The van der Waals surface area contributed by atoms with Gasteiger partial charge in [0.25, 0.3) is 5.91 Å². The summed E-state index contributed by atoms with van der Waals surface area (Å²) in [6, 6.07) is 21.1. The molecular weight excluding hydrogens is 432 g/mol. The molecule has 0 saturated carbocycles. The second-order valence-electron chi connectivity index (χ2n) is 10.7. The minimum absolute atomic E-state index is 0.133. The fourth-order valence-electron chi connectivity index (χ4n) is 5.02. The minimum atomic E-state index is -0.331. The van der Waals surface area contributed by atoms with Crippen molar-refractivity contribution in [2.75, 3.05) is 11.4 Å². The van der Waals surface area contributed by atoms with Gasteiger partial charge in [0.15, 0.2) is 5.82 Å². The summed E-state index contributed by atoms with van der Waals surface area (Å²) >= 11 is 0. The number of carbonyl (C=O) groups is 1. The lowest BCUT2D eigenvalue weighted by Crippen LogP contribution is -2.41. The molecule has 5 heteroatoms. The summed E-state index contributed by atoms with van der Waals surface area (Å²) in [5.74, 6) is 0.758. The number of anilines is 1. The second-order valence-corrected chi connectivity index (χ2v) is 10.7. The van der Waals surface area contributed by atoms with Gasteiger partial charge in [-0.2, -0.15) is 0 Å². The summed E-state index contributed by atoms with van der Waals surface area (Å²) in [5.41, 5.74) is 7.62. The normalized spacial score (nSPS) is 13.7. The van der Waals surface area contributed by atoms with Crippen LogP contribution in [0, 0.1) is 13.8 Å². The number of pyridine rings is 1. The lowest BCUT2D eigenvalue weighted by Gasteiger charge is -2.31. The molecule has 35 heavy (non-hydrogen) atoms. The number of aryl methyl sites for hydroxylation is 1. The van der Waals surface area contributed by atoms with Gasteiger partial charge in [-0.15, -0.1) is 0 Å². The van der Waals surface area contributed by atoms with Crippen molar-refractivity contribution in [1.29, 1.82) is 0 Å². The molecule has 1 aliphatic rings. The second kappa shape index (κ2) is 8.88. The highest BCUT2D eigenvalue weighted by Gasteiger charge is 2.26. The number of benzene rings is 2. The SMILES string of the molecule is Cc1c(C)n(Cc2ccccc2)c2c(N3CCc4ccccc4C3)nc(C(=O)NC(C)(C)C)cc12. The van der Waals surface area contributed by atoms with Crippen LogP contribution in [0.25, 0.3) is 10.9 Å². The van der Waals surface area contributed by atoms with Gasteiger partial charge in [-0.3, -0.25) is 4.79 Å². The van der Waals surface area contributed by atoms with Crippen molar-refractivity contribution in [2.45, 2.75) is 59.7 Å². The molecule has 0 aliphatic carbocycles. The Morgan fingerprint density at radius 3 is 2.40 bits per heavy atom. The van der Waals surface area contributed by atoms with Gasteiger partial charge >= 0.3 is 0 Å². The zero-order chi connectivity index (χ0) is 24.7. The molecule has 4 aromatic rings. The minimum Gasteiger partial charge on any atom is -0.350 e. The first-order valence-corrected chi connectivity index (χ1v) is 12.4. The highest BCUT2D eigenvalue weighted by atomic mass is 16.2. The van der Waals surface area contributed by atoms with E-state index in [1.165, 1.54) is 27.9 Å². The number of carbonyl (C=O) groups excluding carboxylic acids is 1. The van der Waals surface area contributed by atoms with E-state index in [0.29, 0.717) is 5.69 Å². The van der Waals surface area contributed by atoms with Crippen molar-refractivity contribution < 1.29 is 4.79 Å². The van der Waals surface area contributed by atoms with Gasteiger partial charge in [-0.1, -0.05) is 54.6 Å². The number of rotatable bonds is 4. The van der Waals surface area contributed by atoms with E-state index in [9.17, 15) is 4.79 Å². The van der Waals surface area contributed by atoms with Crippen LogP contribution >= 0.6 is 0 Å². The van der Waals surface area contributed by atoms with Gasteiger partial charge < -0.3 is 14.8 Å². The fourth-order valence-corrected chi connectivity index (χ4v) is 5.02. The van der Waals surface area contributed by atoms with E-state index >= 15 is 0 Å². The average Bonchev–Trinajstić information content (AvgIpc) is 3.07. The third-order valence-electron chi connectivity index (χ3n) is 6.93. The number of nitrogens with zero attached hydrogens (tertiary/aromatic N) is 3. The highest BCUT2D eigenvalue weighted by Crippen LogP contribution is 2.35. The van der Waals surface area contributed by atoms with Crippen LogP contribution < -0.4 is 10.2 Å². The summed E-state index contributed by atoms with van der Waals surface area (Å²) < 4.78 is 2.37. The van der Waals surface area contributed by atoms with Crippen LogP contribution in [0.1, 0.15) is 59.2 Å². The largest absolute Gasteiger partial charge is 0.350 e. The molecule has 1 amide bonds. The lowest BCUT2D eigenvalue weighted by atomic mass is 9.99. The summed E-state index contributed by atoms with van der Waals surface area (Å²) in [6.45, 7) is 12.7. The van der Waals surface area contributed by atoms with Crippen LogP contribution in [-0.2, 0) is 19.5 Å². The molecule has 2 aromatic carbocycles. The summed E-state index contributed by atoms with van der Waals surface area (Å²) in [7, 11) is 0.